The van der Waals surface area contributed by atoms with Crippen molar-refractivity contribution < 1.29 is 14.3 Å². The van der Waals surface area contributed by atoms with Crippen LogP contribution in [0.25, 0.3) is 11.1 Å². The normalized spacial score (nSPS) is 17.7. The Morgan fingerprint density at radius 1 is 1.03 bits per heavy atom. The number of hydrogen-bond donors (Lipinski definition) is 1. The number of rotatable bonds is 4. The van der Waals surface area contributed by atoms with E-state index in [1.165, 1.54) is 11.1 Å². The highest BCUT2D eigenvalue weighted by atomic mass is 35.5. The van der Waals surface area contributed by atoms with Gasteiger partial charge in [-0.05, 0) is 105 Å². The molecule has 6 nitrogen and oxygen atoms in total. The minimum absolute atomic E-state index is 0.0300. The number of fused-ring (bicyclic) bond motifs is 3. The van der Waals surface area contributed by atoms with Gasteiger partial charge in [0.25, 0.3) is 5.91 Å². The quantitative estimate of drug-likeness (QED) is 0.460. The number of nitrogens with zero attached hydrogens (tertiary/aromatic N) is 2. The molecule has 1 saturated heterocycles. The zero-order valence-corrected chi connectivity index (χ0v) is 22.6. The second kappa shape index (κ2) is 9.75. The first-order valence-corrected chi connectivity index (χ1v) is 13.8. The Morgan fingerprint density at radius 2 is 1.79 bits per heavy atom. The lowest BCUT2D eigenvalue weighted by Crippen LogP contribution is -2.42. The van der Waals surface area contributed by atoms with Crippen LogP contribution >= 0.6 is 11.6 Å². The van der Waals surface area contributed by atoms with Crippen molar-refractivity contribution in [3.8, 4) is 16.9 Å². The lowest BCUT2D eigenvalue weighted by atomic mass is 9.74. The van der Waals surface area contributed by atoms with Crippen molar-refractivity contribution in [3.05, 3.63) is 76.9 Å². The standard InChI is InChI=1S/C31H32ClN3O3/c1-20-15-24(33-29(36)18-32)7-8-25(20)21-3-5-22(6-4-21)30(37)35-12-9-23-16-28-26(17-27(23)35)31(19-38-28)10-13-34(2)14-11-31/h3-8,15-17H,9-14,18-19H2,1-2H3,(H,33,36). The smallest absolute Gasteiger partial charge is 0.258 e. The summed E-state index contributed by atoms with van der Waals surface area (Å²) in [7, 11) is 2.18. The Kier molecular flexibility index (Phi) is 6.40. The van der Waals surface area contributed by atoms with Crippen LogP contribution in [0, 0.1) is 6.92 Å². The van der Waals surface area contributed by atoms with Crippen LogP contribution in [0.15, 0.2) is 54.6 Å². The molecular formula is C31H32ClN3O3. The lowest BCUT2D eigenvalue weighted by Gasteiger charge is -2.37. The van der Waals surface area contributed by atoms with Crippen LogP contribution < -0.4 is 15.0 Å². The number of likely N-dealkylation sites (tertiary alicyclic amines) is 1. The summed E-state index contributed by atoms with van der Waals surface area (Å²) in [4.78, 5) is 29.6. The van der Waals surface area contributed by atoms with E-state index in [4.69, 9.17) is 16.3 Å². The van der Waals surface area contributed by atoms with Gasteiger partial charge in [0.05, 0.1) is 6.61 Å². The molecule has 3 aliphatic heterocycles. The largest absolute Gasteiger partial charge is 0.492 e. The number of piperidine rings is 1. The molecule has 3 aromatic carbocycles. The van der Waals surface area contributed by atoms with Crippen LogP contribution in [-0.4, -0.2) is 55.9 Å². The van der Waals surface area contributed by atoms with Gasteiger partial charge in [0, 0.05) is 34.5 Å². The molecule has 1 N–H and O–H groups in total. The molecule has 0 aliphatic carbocycles. The lowest BCUT2D eigenvalue weighted by molar-refractivity contribution is -0.113. The summed E-state index contributed by atoms with van der Waals surface area (Å²) in [6.07, 6.45) is 3.02. The van der Waals surface area contributed by atoms with Crippen molar-refractivity contribution in [2.75, 3.05) is 49.4 Å². The first-order chi connectivity index (χ1) is 18.4. The van der Waals surface area contributed by atoms with Crippen molar-refractivity contribution in [1.29, 1.82) is 0 Å². The predicted molar refractivity (Wildman–Crippen MR) is 152 cm³/mol. The van der Waals surface area contributed by atoms with Crippen molar-refractivity contribution in [2.24, 2.45) is 0 Å². The SMILES string of the molecule is Cc1cc(NC(=O)CCl)ccc1-c1ccc(C(=O)N2CCc3cc4c(cc32)C2(CCN(C)CC2)CO4)cc1. The van der Waals surface area contributed by atoms with Gasteiger partial charge in [0.1, 0.15) is 11.6 Å². The molecular weight excluding hydrogens is 498 g/mol. The molecule has 2 amide bonds. The van der Waals surface area contributed by atoms with Gasteiger partial charge in [-0.3, -0.25) is 9.59 Å². The third-order valence-corrected chi connectivity index (χ3v) is 8.66. The number of hydrogen-bond acceptors (Lipinski definition) is 4. The highest BCUT2D eigenvalue weighted by Crippen LogP contribution is 2.49. The van der Waals surface area contributed by atoms with Gasteiger partial charge in [-0.2, -0.15) is 0 Å². The van der Waals surface area contributed by atoms with Crippen LogP contribution in [0.2, 0.25) is 0 Å². The van der Waals surface area contributed by atoms with Gasteiger partial charge in [-0.15, -0.1) is 11.6 Å². The summed E-state index contributed by atoms with van der Waals surface area (Å²) in [5.74, 6) is 0.731. The van der Waals surface area contributed by atoms with Gasteiger partial charge in [-0.25, -0.2) is 0 Å². The maximum Gasteiger partial charge on any atom is 0.258 e. The zero-order valence-electron chi connectivity index (χ0n) is 21.9. The molecule has 3 aromatic rings. The van der Waals surface area contributed by atoms with Crippen molar-refractivity contribution in [1.82, 2.24) is 4.90 Å². The fraction of sp³-hybridized carbons (Fsp3) is 0.355. The highest BCUT2D eigenvalue weighted by Gasteiger charge is 2.44. The number of benzene rings is 3. The zero-order chi connectivity index (χ0) is 26.4. The molecule has 0 atom stereocenters. The van der Waals surface area contributed by atoms with E-state index >= 15 is 0 Å². The number of carbonyl (C=O) groups excluding carboxylic acids is 2. The summed E-state index contributed by atoms with van der Waals surface area (Å²) >= 11 is 5.60. The van der Waals surface area contributed by atoms with E-state index in [9.17, 15) is 9.59 Å². The first-order valence-electron chi connectivity index (χ1n) is 13.2. The topological polar surface area (TPSA) is 61.9 Å². The molecule has 3 heterocycles. The molecule has 0 unspecified atom stereocenters. The molecule has 0 radical (unpaired) electrons. The monoisotopic (exact) mass is 529 g/mol. The third kappa shape index (κ3) is 4.36. The van der Waals surface area contributed by atoms with E-state index in [1.54, 1.807) is 0 Å². The molecule has 1 fully saturated rings. The Balaban J connectivity index is 1.23. The highest BCUT2D eigenvalue weighted by molar-refractivity contribution is 6.29. The van der Waals surface area contributed by atoms with Crippen LogP contribution in [0.1, 0.15) is 39.9 Å². The molecule has 0 bridgehead atoms. The van der Waals surface area contributed by atoms with Gasteiger partial charge >= 0.3 is 0 Å². The Labute approximate surface area is 228 Å². The molecule has 0 aromatic heterocycles. The fourth-order valence-corrected chi connectivity index (χ4v) is 6.19. The van der Waals surface area contributed by atoms with E-state index < -0.39 is 0 Å². The Hall–Kier alpha value is -3.35. The first kappa shape index (κ1) is 25.0. The summed E-state index contributed by atoms with van der Waals surface area (Å²) in [5, 5.41) is 2.78. The van der Waals surface area contributed by atoms with Crippen LogP contribution in [0.4, 0.5) is 11.4 Å². The fourth-order valence-electron chi connectivity index (χ4n) is 6.12. The third-order valence-electron chi connectivity index (χ3n) is 8.42. The number of nitrogens with one attached hydrogen (secondary N) is 1. The van der Waals surface area contributed by atoms with Crippen LogP contribution in [0.5, 0.6) is 5.75 Å². The summed E-state index contributed by atoms with van der Waals surface area (Å²) in [5.41, 5.74) is 8.07. The number of aryl methyl sites for hydroxylation is 1. The van der Waals surface area contributed by atoms with Gasteiger partial charge < -0.3 is 19.9 Å². The Morgan fingerprint density at radius 3 is 2.50 bits per heavy atom. The molecule has 196 valence electrons. The predicted octanol–water partition coefficient (Wildman–Crippen LogP) is 5.40. The van der Waals surface area contributed by atoms with E-state index in [2.05, 4.69) is 29.4 Å². The number of carbonyl (C=O) groups is 2. The number of alkyl halides is 1. The average Bonchev–Trinajstić information content (AvgIpc) is 3.50. The van der Waals surface area contributed by atoms with E-state index in [0.29, 0.717) is 12.1 Å². The number of halogens is 1. The number of ether oxygens (including phenoxy) is 1. The van der Waals surface area contributed by atoms with Crippen LogP contribution in [0.3, 0.4) is 0 Å². The van der Waals surface area contributed by atoms with Crippen molar-refractivity contribution in [3.63, 3.8) is 0 Å². The maximum absolute atomic E-state index is 13.6. The molecule has 3 aliphatic rings. The van der Waals surface area contributed by atoms with E-state index in [1.807, 2.05) is 54.3 Å². The second-order valence-corrected chi connectivity index (χ2v) is 11.1. The number of amides is 2. The van der Waals surface area contributed by atoms with Crippen molar-refractivity contribution >= 4 is 34.8 Å². The summed E-state index contributed by atoms with van der Waals surface area (Å²) in [6, 6.07) is 18.0. The minimum Gasteiger partial charge on any atom is -0.492 e. The van der Waals surface area contributed by atoms with Gasteiger partial charge in [0.2, 0.25) is 5.91 Å². The molecule has 6 rings (SSSR count). The second-order valence-electron chi connectivity index (χ2n) is 10.8. The summed E-state index contributed by atoms with van der Waals surface area (Å²) in [6.45, 7) is 5.57. The molecule has 38 heavy (non-hydrogen) atoms. The Bertz CT molecular complexity index is 1410. The van der Waals surface area contributed by atoms with Gasteiger partial charge in [0.15, 0.2) is 0 Å². The number of anilines is 2. The molecule has 1 spiro atoms. The summed E-state index contributed by atoms with van der Waals surface area (Å²) < 4.78 is 6.18. The minimum atomic E-state index is -0.232. The van der Waals surface area contributed by atoms with Crippen LogP contribution in [-0.2, 0) is 16.6 Å². The van der Waals surface area contributed by atoms with Gasteiger partial charge in [-0.1, -0.05) is 18.2 Å². The average molecular weight is 530 g/mol. The molecule has 7 heteroatoms. The van der Waals surface area contributed by atoms with E-state index in [0.717, 1.165) is 72.8 Å². The van der Waals surface area contributed by atoms with Crippen molar-refractivity contribution in [2.45, 2.75) is 31.6 Å². The maximum atomic E-state index is 13.6. The molecule has 0 saturated carbocycles. The van der Waals surface area contributed by atoms with E-state index in [-0.39, 0.29) is 23.1 Å².